The fraction of sp³-hybridized carbons (Fsp3) is 0.480. The summed E-state index contributed by atoms with van der Waals surface area (Å²) in [4.78, 5) is 36.9. The minimum Gasteiger partial charge on any atom is -0.456 e. The van der Waals surface area contributed by atoms with E-state index in [9.17, 15) is 14.4 Å². The molecule has 0 N–H and O–H groups in total. The van der Waals surface area contributed by atoms with Crippen LogP contribution in [0.3, 0.4) is 0 Å². The van der Waals surface area contributed by atoms with Gasteiger partial charge in [0.1, 0.15) is 6.10 Å². The number of aryl methyl sites for hydroxylation is 1. The van der Waals surface area contributed by atoms with Crippen LogP contribution in [0.2, 0.25) is 4.34 Å². The molecule has 0 saturated carbocycles. The lowest BCUT2D eigenvalue weighted by atomic mass is 9.88. The number of esters is 3. The zero-order chi connectivity index (χ0) is 25.0. The van der Waals surface area contributed by atoms with Gasteiger partial charge in [-0.15, -0.1) is 11.3 Å². The minimum absolute atomic E-state index is 0.491. The number of carbonyl (C=O) groups excluding carboxylic acids is 3. The van der Waals surface area contributed by atoms with E-state index in [1.54, 1.807) is 0 Å². The van der Waals surface area contributed by atoms with Crippen molar-refractivity contribution in [2.75, 3.05) is 0 Å². The summed E-state index contributed by atoms with van der Waals surface area (Å²) in [6.45, 7) is 7.71. The lowest BCUT2D eigenvalue weighted by Crippen LogP contribution is -2.58. The van der Waals surface area contributed by atoms with Crippen LogP contribution < -0.4 is 0 Å². The summed E-state index contributed by atoms with van der Waals surface area (Å²) in [5.74, 6) is -1.68. The molecule has 1 aliphatic rings. The molecule has 0 aliphatic carbocycles. The molecule has 1 saturated heterocycles. The molecule has 2 heterocycles. The Kier molecular flexibility index (Phi) is 8.73. The maximum absolute atomic E-state index is 12.0. The highest BCUT2D eigenvalue weighted by Crippen LogP contribution is 2.39. The quantitative estimate of drug-likeness (QED) is 0.386. The van der Waals surface area contributed by atoms with Crippen LogP contribution in [0.4, 0.5) is 0 Å². The molecule has 5 atom stereocenters. The second kappa shape index (κ2) is 11.3. The topological polar surface area (TPSA) is 88.1 Å². The van der Waals surface area contributed by atoms with Crippen molar-refractivity contribution in [3.63, 3.8) is 0 Å². The van der Waals surface area contributed by atoms with Crippen molar-refractivity contribution >= 4 is 40.8 Å². The maximum Gasteiger partial charge on any atom is 0.303 e. The maximum atomic E-state index is 12.0. The van der Waals surface area contributed by atoms with Gasteiger partial charge in [-0.2, -0.15) is 0 Å². The zero-order valence-electron chi connectivity index (χ0n) is 19.8. The summed E-state index contributed by atoms with van der Waals surface area (Å²) in [5, 5.41) is 0. The minimum atomic E-state index is -1.02. The predicted molar refractivity (Wildman–Crippen MR) is 128 cm³/mol. The van der Waals surface area contributed by atoms with Crippen molar-refractivity contribution in [2.24, 2.45) is 0 Å². The third kappa shape index (κ3) is 6.37. The molecule has 1 unspecified atom stereocenters. The van der Waals surface area contributed by atoms with Crippen molar-refractivity contribution in [2.45, 2.75) is 78.0 Å². The first-order valence-electron chi connectivity index (χ1n) is 11.1. The smallest absolute Gasteiger partial charge is 0.303 e. The number of carbonyl (C=O) groups is 3. The normalized spacial score (nSPS) is 24.4. The van der Waals surface area contributed by atoms with E-state index in [2.05, 4.69) is 0 Å². The molecule has 184 valence electrons. The number of hydrogen-bond donors (Lipinski definition) is 0. The molecule has 0 spiro atoms. The second-order valence-corrected chi connectivity index (χ2v) is 10.1. The number of hydrogen-bond acceptors (Lipinski definition) is 8. The molecule has 2 aromatic rings. The Labute approximate surface area is 208 Å². The van der Waals surface area contributed by atoms with Crippen molar-refractivity contribution in [1.82, 2.24) is 0 Å². The average molecular weight is 509 g/mol. The fourth-order valence-electron chi connectivity index (χ4n) is 4.18. The Morgan fingerprint density at radius 1 is 0.941 bits per heavy atom. The van der Waals surface area contributed by atoms with E-state index >= 15 is 0 Å². The summed E-state index contributed by atoms with van der Waals surface area (Å²) in [6.07, 6.45) is -3.05. The van der Waals surface area contributed by atoms with Crippen molar-refractivity contribution in [3.8, 4) is 0 Å². The number of rotatable bonds is 7. The van der Waals surface area contributed by atoms with Crippen molar-refractivity contribution < 1.29 is 33.3 Å². The van der Waals surface area contributed by atoms with Gasteiger partial charge in [0.15, 0.2) is 18.3 Å². The molecule has 0 bridgehead atoms. The van der Waals surface area contributed by atoms with Gasteiger partial charge >= 0.3 is 17.9 Å². The molecule has 0 radical (unpaired) electrons. The summed E-state index contributed by atoms with van der Waals surface area (Å²) in [6, 6.07) is 9.75. The summed E-state index contributed by atoms with van der Waals surface area (Å²) >= 11 is 7.62. The molecule has 34 heavy (non-hydrogen) atoms. The van der Waals surface area contributed by atoms with E-state index < -0.39 is 48.4 Å². The molecule has 3 rings (SSSR count). The van der Waals surface area contributed by atoms with E-state index in [0.29, 0.717) is 12.8 Å². The molecule has 1 aromatic carbocycles. The number of halogens is 1. The first kappa shape index (κ1) is 26.2. The van der Waals surface area contributed by atoms with E-state index in [-0.39, 0.29) is 0 Å². The summed E-state index contributed by atoms with van der Waals surface area (Å²) in [7, 11) is 0. The highest BCUT2D eigenvalue weighted by Gasteiger charge is 2.51. The number of benzene rings is 1. The first-order valence-corrected chi connectivity index (χ1v) is 12.3. The zero-order valence-corrected chi connectivity index (χ0v) is 21.4. The van der Waals surface area contributed by atoms with E-state index in [0.717, 1.165) is 25.9 Å². The van der Waals surface area contributed by atoms with Crippen LogP contribution in [-0.4, -0.2) is 42.3 Å². The van der Waals surface area contributed by atoms with Gasteiger partial charge < -0.3 is 18.9 Å². The first-order chi connectivity index (χ1) is 16.1. The number of thiophene rings is 1. The van der Waals surface area contributed by atoms with E-state index in [4.69, 9.17) is 30.5 Å². The Bertz CT molecular complexity index is 1050. The standard InChI is InChI=1S/C25H29ClO7S/c1-6-20-23(30-14(3)27)25(32-16(5)29)24(31-15(4)28)22(33-20)17-8-7-13(2)18(11-17)12-19-9-10-21(26)34-19/h7-11,20,22-25H,6,12H2,1-5H3/t20-,22?,23-,24+,25+/m1/s1. The van der Waals surface area contributed by atoms with Gasteiger partial charge in [0.25, 0.3) is 0 Å². The molecule has 0 amide bonds. The van der Waals surface area contributed by atoms with E-state index in [1.807, 2.05) is 44.2 Å². The van der Waals surface area contributed by atoms with Gasteiger partial charge in [0.2, 0.25) is 0 Å². The Balaban J connectivity index is 2.03. The Hall–Kier alpha value is -2.42. The Morgan fingerprint density at radius 3 is 2.12 bits per heavy atom. The lowest BCUT2D eigenvalue weighted by molar-refractivity contribution is -0.249. The van der Waals surface area contributed by atoms with Crippen molar-refractivity contribution in [1.29, 1.82) is 0 Å². The molecule has 1 aromatic heterocycles. The monoisotopic (exact) mass is 508 g/mol. The van der Waals surface area contributed by atoms with Gasteiger partial charge in [0, 0.05) is 32.1 Å². The summed E-state index contributed by atoms with van der Waals surface area (Å²) in [5.41, 5.74) is 2.93. The number of ether oxygens (including phenoxy) is 4. The molecule has 1 fully saturated rings. The average Bonchev–Trinajstić information content (AvgIpc) is 3.16. The van der Waals surface area contributed by atoms with Crippen LogP contribution in [0.1, 0.15) is 61.8 Å². The Morgan fingerprint density at radius 2 is 1.56 bits per heavy atom. The molecular formula is C25H29ClO7S. The molecule has 7 nitrogen and oxygen atoms in total. The fourth-order valence-corrected chi connectivity index (χ4v) is 5.30. The van der Waals surface area contributed by atoms with Crippen LogP contribution in [0.25, 0.3) is 0 Å². The molecule has 9 heteroatoms. The van der Waals surface area contributed by atoms with Gasteiger partial charge in [-0.05, 0) is 42.2 Å². The molecule has 1 aliphatic heterocycles. The van der Waals surface area contributed by atoms with Crippen LogP contribution in [0.15, 0.2) is 30.3 Å². The third-order valence-electron chi connectivity index (χ3n) is 5.64. The van der Waals surface area contributed by atoms with Gasteiger partial charge in [-0.1, -0.05) is 36.7 Å². The largest absolute Gasteiger partial charge is 0.456 e. The van der Waals surface area contributed by atoms with Crippen molar-refractivity contribution in [3.05, 3.63) is 56.2 Å². The lowest BCUT2D eigenvalue weighted by Gasteiger charge is -2.45. The predicted octanol–water partition coefficient (Wildman–Crippen LogP) is 4.95. The SMILES string of the molecule is CC[C@H]1OC(c2ccc(C)c(Cc3ccc(Cl)s3)c2)[C@H](OC(C)=O)[C@@H](OC(C)=O)[C@@H]1OC(C)=O. The summed E-state index contributed by atoms with van der Waals surface area (Å²) < 4.78 is 23.7. The van der Waals surface area contributed by atoms with Crippen LogP contribution in [0, 0.1) is 6.92 Å². The van der Waals surface area contributed by atoms with Crippen LogP contribution >= 0.6 is 22.9 Å². The second-order valence-electron chi connectivity index (χ2n) is 8.29. The van der Waals surface area contributed by atoms with E-state index in [1.165, 1.54) is 32.1 Å². The third-order valence-corrected chi connectivity index (χ3v) is 6.87. The molecular weight excluding hydrogens is 480 g/mol. The van der Waals surface area contributed by atoms with Gasteiger partial charge in [-0.25, -0.2) is 0 Å². The van der Waals surface area contributed by atoms with Gasteiger partial charge in [0.05, 0.1) is 10.4 Å². The van der Waals surface area contributed by atoms with Crippen LogP contribution in [-0.2, 0) is 39.8 Å². The highest BCUT2D eigenvalue weighted by atomic mass is 35.5. The highest BCUT2D eigenvalue weighted by molar-refractivity contribution is 7.16. The van der Waals surface area contributed by atoms with Gasteiger partial charge in [-0.3, -0.25) is 14.4 Å². The van der Waals surface area contributed by atoms with Crippen LogP contribution in [0.5, 0.6) is 0 Å².